The molecule has 0 aliphatic carbocycles. The lowest BCUT2D eigenvalue weighted by Gasteiger charge is -2.08. The molecule has 6 heteroatoms. The van der Waals surface area contributed by atoms with E-state index in [-0.39, 0.29) is 23.9 Å². The SMILES string of the molecule is O=C(Cc1c(O)n(-c2ccccc2)c(=O)n1-c1ccccc1)Nc1ccccc1. The van der Waals surface area contributed by atoms with Gasteiger partial charge in [0.25, 0.3) is 0 Å². The van der Waals surface area contributed by atoms with Crippen LogP contribution < -0.4 is 11.0 Å². The van der Waals surface area contributed by atoms with Gasteiger partial charge in [0.05, 0.1) is 23.5 Å². The number of carbonyl (C=O) groups is 1. The van der Waals surface area contributed by atoms with Gasteiger partial charge >= 0.3 is 5.69 Å². The lowest BCUT2D eigenvalue weighted by atomic mass is 10.2. The van der Waals surface area contributed by atoms with Crippen LogP contribution in [0.3, 0.4) is 0 Å². The van der Waals surface area contributed by atoms with Gasteiger partial charge in [0.15, 0.2) is 0 Å². The summed E-state index contributed by atoms with van der Waals surface area (Å²) in [5.41, 5.74) is 1.52. The van der Waals surface area contributed by atoms with E-state index in [1.54, 1.807) is 60.7 Å². The molecular formula is C23H19N3O3. The predicted octanol–water partition coefficient (Wildman–Crippen LogP) is 3.52. The number of carbonyl (C=O) groups excluding carboxylic acids is 1. The third-order valence-electron chi connectivity index (χ3n) is 4.54. The number of aromatic hydroxyl groups is 1. The van der Waals surface area contributed by atoms with Crippen molar-refractivity contribution in [2.75, 3.05) is 5.32 Å². The minimum Gasteiger partial charge on any atom is -0.493 e. The summed E-state index contributed by atoms with van der Waals surface area (Å²) in [6, 6.07) is 26.8. The van der Waals surface area contributed by atoms with E-state index in [9.17, 15) is 14.7 Å². The number of anilines is 1. The molecular weight excluding hydrogens is 366 g/mol. The zero-order valence-corrected chi connectivity index (χ0v) is 15.5. The van der Waals surface area contributed by atoms with E-state index < -0.39 is 5.69 Å². The van der Waals surface area contributed by atoms with Crippen molar-refractivity contribution in [3.8, 4) is 17.3 Å². The first-order valence-corrected chi connectivity index (χ1v) is 9.16. The first-order valence-electron chi connectivity index (χ1n) is 9.16. The molecule has 2 N–H and O–H groups in total. The molecule has 0 saturated heterocycles. The fourth-order valence-corrected chi connectivity index (χ4v) is 3.23. The number of hydrogen-bond donors (Lipinski definition) is 2. The van der Waals surface area contributed by atoms with E-state index in [0.717, 1.165) is 0 Å². The van der Waals surface area contributed by atoms with Gasteiger partial charge in [-0.1, -0.05) is 54.6 Å². The average molecular weight is 385 g/mol. The van der Waals surface area contributed by atoms with E-state index in [4.69, 9.17) is 0 Å². The Balaban J connectivity index is 1.80. The fraction of sp³-hybridized carbons (Fsp3) is 0.0435. The van der Waals surface area contributed by atoms with Crippen LogP contribution in [0.25, 0.3) is 11.4 Å². The number of amides is 1. The standard InChI is InChI=1S/C23H19N3O3/c27-21(24-17-10-4-1-5-11-17)16-20-22(28)26(19-14-8-3-9-15-19)23(29)25(20)18-12-6-2-7-13-18/h1-15,28H,16H2,(H,24,27). The molecule has 0 atom stereocenters. The summed E-state index contributed by atoms with van der Waals surface area (Å²) in [6.45, 7) is 0. The predicted molar refractivity (Wildman–Crippen MR) is 112 cm³/mol. The smallest absolute Gasteiger partial charge is 0.340 e. The molecule has 1 aromatic heterocycles. The van der Waals surface area contributed by atoms with Gasteiger partial charge in [-0.25, -0.2) is 9.36 Å². The van der Waals surface area contributed by atoms with Crippen LogP contribution in [0, 0.1) is 0 Å². The molecule has 0 bridgehead atoms. The van der Waals surface area contributed by atoms with Crippen molar-refractivity contribution < 1.29 is 9.90 Å². The number of nitrogens with zero attached hydrogens (tertiary/aromatic N) is 2. The maximum atomic E-state index is 13.2. The molecule has 0 saturated carbocycles. The number of aromatic nitrogens is 2. The van der Waals surface area contributed by atoms with Crippen molar-refractivity contribution in [1.82, 2.24) is 9.13 Å². The zero-order valence-electron chi connectivity index (χ0n) is 15.5. The normalized spacial score (nSPS) is 10.6. The molecule has 0 spiro atoms. The Labute approximate surface area is 167 Å². The number of benzene rings is 3. The van der Waals surface area contributed by atoms with Crippen molar-refractivity contribution in [3.05, 3.63) is 107 Å². The van der Waals surface area contributed by atoms with Gasteiger partial charge in [0, 0.05) is 5.69 Å². The van der Waals surface area contributed by atoms with Gasteiger partial charge in [0.2, 0.25) is 11.8 Å². The summed E-state index contributed by atoms with van der Waals surface area (Å²) in [7, 11) is 0. The van der Waals surface area contributed by atoms with Gasteiger partial charge in [-0.15, -0.1) is 0 Å². The average Bonchev–Trinajstić information content (AvgIpc) is 2.99. The molecule has 6 nitrogen and oxygen atoms in total. The molecule has 0 unspecified atom stereocenters. The van der Waals surface area contributed by atoms with Crippen LogP contribution in [0.5, 0.6) is 5.88 Å². The highest BCUT2D eigenvalue weighted by atomic mass is 16.3. The van der Waals surface area contributed by atoms with Crippen LogP contribution >= 0.6 is 0 Å². The Kier molecular flexibility index (Phi) is 4.99. The third kappa shape index (κ3) is 3.68. The molecule has 0 aliphatic heterocycles. The van der Waals surface area contributed by atoms with Crippen LogP contribution in [0.4, 0.5) is 5.69 Å². The van der Waals surface area contributed by atoms with Crippen molar-refractivity contribution in [3.63, 3.8) is 0 Å². The Bertz CT molecular complexity index is 1180. The minimum absolute atomic E-state index is 0.162. The first kappa shape index (κ1) is 18.3. The molecule has 4 aromatic rings. The molecule has 1 amide bonds. The van der Waals surface area contributed by atoms with Gasteiger partial charge < -0.3 is 10.4 Å². The van der Waals surface area contributed by atoms with E-state index in [0.29, 0.717) is 17.1 Å². The maximum absolute atomic E-state index is 13.2. The number of hydrogen-bond acceptors (Lipinski definition) is 3. The highest BCUT2D eigenvalue weighted by Gasteiger charge is 2.23. The lowest BCUT2D eigenvalue weighted by molar-refractivity contribution is -0.115. The zero-order chi connectivity index (χ0) is 20.2. The van der Waals surface area contributed by atoms with E-state index in [1.807, 2.05) is 30.3 Å². The Morgan fingerprint density at radius 1 is 0.759 bits per heavy atom. The highest BCUT2D eigenvalue weighted by Crippen LogP contribution is 2.24. The van der Waals surface area contributed by atoms with Crippen molar-refractivity contribution in [2.45, 2.75) is 6.42 Å². The number of imidazole rings is 1. The van der Waals surface area contributed by atoms with E-state index >= 15 is 0 Å². The van der Waals surface area contributed by atoms with Crippen LogP contribution in [-0.4, -0.2) is 20.1 Å². The summed E-state index contributed by atoms with van der Waals surface area (Å²) < 4.78 is 2.57. The number of para-hydroxylation sites is 3. The Hall–Kier alpha value is -4.06. The summed E-state index contributed by atoms with van der Waals surface area (Å²) in [6.07, 6.45) is -0.162. The van der Waals surface area contributed by atoms with Crippen LogP contribution in [-0.2, 0) is 11.2 Å². The summed E-state index contributed by atoms with van der Waals surface area (Å²) >= 11 is 0. The van der Waals surface area contributed by atoms with Gasteiger partial charge in [-0.2, -0.15) is 0 Å². The molecule has 29 heavy (non-hydrogen) atoms. The van der Waals surface area contributed by atoms with E-state index in [2.05, 4.69) is 5.32 Å². The maximum Gasteiger partial charge on any atom is 0.340 e. The Morgan fingerprint density at radius 3 is 1.79 bits per heavy atom. The lowest BCUT2D eigenvalue weighted by Crippen LogP contribution is -2.24. The van der Waals surface area contributed by atoms with Crippen LogP contribution in [0.2, 0.25) is 0 Å². The second kappa shape index (κ2) is 7.90. The van der Waals surface area contributed by atoms with Crippen LogP contribution in [0.1, 0.15) is 5.69 Å². The first-order chi connectivity index (χ1) is 14.1. The van der Waals surface area contributed by atoms with Crippen LogP contribution in [0.15, 0.2) is 95.8 Å². The molecule has 3 aromatic carbocycles. The quantitative estimate of drug-likeness (QED) is 0.552. The topological polar surface area (TPSA) is 76.3 Å². The fourth-order valence-electron chi connectivity index (χ4n) is 3.23. The molecule has 4 rings (SSSR count). The molecule has 1 heterocycles. The van der Waals surface area contributed by atoms with Gasteiger partial charge in [-0.05, 0) is 36.4 Å². The summed E-state index contributed by atoms with van der Waals surface area (Å²) in [5.74, 6) is -0.588. The van der Waals surface area contributed by atoms with E-state index in [1.165, 1.54) is 9.13 Å². The number of nitrogens with one attached hydrogen (secondary N) is 1. The van der Waals surface area contributed by atoms with Crippen molar-refractivity contribution in [1.29, 1.82) is 0 Å². The Morgan fingerprint density at radius 2 is 1.24 bits per heavy atom. The molecule has 0 fully saturated rings. The van der Waals surface area contributed by atoms with Crippen molar-refractivity contribution >= 4 is 11.6 Å². The second-order valence-electron chi connectivity index (χ2n) is 6.49. The van der Waals surface area contributed by atoms with Gasteiger partial charge in [0.1, 0.15) is 0 Å². The summed E-state index contributed by atoms with van der Waals surface area (Å²) in [4.78, 5) is 25.8. The second-order valence-corrected chi connectivity index (χ2v) is 6.49. The summed E-state index contributed by atoms with van der Waals surface area (Å²) in [5, 5.41) is 13.7. The molecule has 0 aliphatic rings. The largest absolute Gasteiger partial charge is 0.493 e. The molecule has 144 valence electrons. The monoisotopic (exact) mass is 385 g/mol. The van der Waals surface area contributed by atoms with Crippen molar-refractivity contribution in [2.24, 2.45) is 0 Å². The molecule has 0 radical (unpaired) electrons. The number of rotatable bonds is 5. The van der Waals surface area contributed by atoms with Gasteiger partial charge in [-0.3, -0.25) is 9.36 Å². The third-order valence-corrected chi connectivity index (χ3v) is 4.54. The highest BCUT2D eigenvalue weighted by molar-refractivity contribution is 5.92. The minimum atomic E-state index is -0.442.